The Hall–Kier alpha value is -2.33. The van der Waals surface area contributed by atoms with Crippen molar-refractivity contribution in [3.05, 3.63) is 40.5 Å². The number of rotatable bonds is 3. The van der Waals surface area contributed by atoms with E-state index >= 15 is 0 Å². The lowest BCUT2D eigenvalue weighted by atomic mass is 10.2. The van der Waals surface area contributed by atoms with Crippen LogP contribution in [0.4, 0.5) is 5.69 Å². The lowest BCUT2D eigenvalue weighted by Gasteiger charge is -1.94. The minimum absolute atomic E-state index is 0.437. The topological polar surface area (TPSA) is 87.7 Å². The van der Waals surface area contributed by atoms with Crippen LogP contribution < -0.4 is 0 Å². The summed E-state index contributed by atoms with van der Waals surface area (Å²) in [5.41, 5.74) is 9.60. The predicted molar refractivity (Wildman–Crippen MR) is 57.9 cm³/mol. The Balaban J connectivity index is 2.39. The zero-order valence-corrected chi connectivity index (χ0v) is 8.66. The number of aromatic nitrogens is 2. The fourth-order valence-electron chi connectivity index (χ4n) is 1.27. The van der Waals surface area contributed by atoms with Crippen LogP contribution in [0.1, 0.15) is 12.7 Å². The standard InChI is InChI=1S/C10H9N5O/c1-2-9-12-10(16-14-9)7-4-3-5-8(6-7)13-15-11/h3-6H,2H2,1H3. The van der Waals surface area contributed by atoms with Crippen LogP contribution in [0.2, 0.25) is 0 Å². The lowest BCUT2D eigenvalue weighted by molar-refractivity contribution is 0.423. The van der Waals surface area contributed by atoms with E-state index in [2.05, 4.69) is 20.2 Å². The maximum absolute atomic E-state index is 8.33. The Morgan fingerprint density at radius 3 is 3.06 bits per heavy atom. The maximum Gasteiger partial charge on any atom is 0.257 e. The van der Waals surface area contributed by atoms with Gasteiger partial charge in [0.25, 0.3) is 5.89 Å². The van der Waals surface area contributed by atoms with Crippen LogP contribution in [0, 0.1) is 0 Å². The molecule has 6 heteroatoms. The number of hydrogen-bond donors (Lipinski definition) is 0. The first-order valence-corrected chi connectivity index (χ1v) is 4.81. The second kappa shape index (κ2) is 4.46. The summed E-state index contributed by atoms with van der Waals surface area (Å²) in [5, 5.41) is 7.31. The zero-order valence-electron chi connectivity index (χ0n) is 8.66. The summed E-state index contributed by atoms with van der Waals surface area (Å²) in [6.07, 6.45) is 0.722. The van der Waals surface area contributed by atoms with Gasteiger partial charge in [0, 0.05) is 22.6 Å². The molecule has 0 radical (unpaired) electrons. The molecular formula is C10H9N5O. The Morgan fingerprint density at radius 1 is 1.50 bits per heavy atom. The van der Waals surface area contributed by atoms with E-state index in [-0.39, 0.29) is 0 Å². The molecule has 2 aromatic rings. The van der Waals surface area contributed by atoms with Crippen molar-refractivity contribution in [2.45, 2.75) is 13.3 Å². The van der Waals surface area contributed by atoms with Gasteiger partial charge in [0.1, 0.15) is 0 Å². The molecule has 0 bridgehead atoms. The average Bonchev–Trinajstić information content (AvgIpc) is 2.78. The highest BCUT2D eigenvalue weighted by atomic mass is 16.5. The highest BCUT2D eigenvalue weighted by Crippen LogP contribution is 2.22. The quantitative estimate of drug-likeness (QED) is 0.447. The van der Waals surface area contributed by atoms with Gasteiger partial charge in [-0.3, -0.25) is 0 Å². The van der Waals surface area contributed by atoms with E-state index in [0.717, 1.165) is 12.0 Å². The van der Waals surface area contributed by atoms with Gasteiger partial charge in [-0.25, -0.2) is 0 Å². The van der Waals surface area contributed by atoms with Crippen LogP contribution in [0.3, 0.4) is 0 Å². The molecule has 0 N–H and O–H groups in total. The molecule has 0 fully saturated rings. The molecule has 1 aromatic carbocycles. The van der Waals surface area contributed by atoms with Gasteiger partial charge in [0.15, 0.2) is 5.82 Å². The summed E-state index contributed by atoms with van der Waals surface area (Å²) in [7, 11) is 0. The van der Waals surface area contributed by atoms with E-state index in [4.69, 9.17) is 10.1 Å². The van der Waals surface area contributed by atoms with E-state index in [1.54, 1.807) is 18.2 Å². The van der Waals surface area contributed by atoms with E-state index in [9.17, 15) is 0 Å². The van der Waals surface area contributed by atoms with Crippen LogP contribution >= 0.6 is 0 Å². The van der Waals surface area contributed by atoms with Gasteiger partial charge in [0.05, 0.1) is 0 Å². The first-order valence-electron chi connectivity index (χ1n) is 4.81. The number of aryl methyl sites for hydroxylation is 1. The van der Waals surface area contributed by atoms with Crippen molar-refractivity contribution in [2.75, 3.05) is 0 Å². The van der Waals surface area contributed by atoms with Gasteiger partial charge in [-0.15, -0.1) is 0 Å². The van der Waals surface area contributed by atoms with E-state index in [0.29, 0.717) is 17.4 Å². The van der Waals surface area contributed by atoms with Gasteiger partial charge in [-0.2, -0.15) is 4.98 Å². The minimum Gasteiger partial charge on any atom is -0.334 e. The summed E-state index contributed by atoms with van der Waals surface area (Å²) in [5.74, 6) is 1.09. The van der Waals surface area contributed by atoms with Crippen molar-refractivity contribution in [1.82, 2.24) is 10.1 Å². The molecule has 0 saturated carbocycles. The molecule has 0 aliphatic rings. The molecular weight excluding hydrogens is 206 g/mol. The molecule has 0 spiro atoms. The third kappa shape index (κ3) is 2.02. The zero-order chi connectivity index (χ0) is 11.4. The highest BCUT2D eigenvalue weighted by Gasteiger charge is 2.07. The van der Waals surface area contributed by atoms with Crippen LogP contribution in [0.5, 0.6) is 0 Å². The van der Waals surface area contributed by atoms with Gasteiger partial charge >= 0.3 is 0 Å². The van der Waals surface area contributed by atoms with Crippen molar-refractivity contribution >= 4 is 5.69 Å². The average molecular weight is 215 g/mol. The first-order chi connectivity index (χ1) is 7.83. The second-order valence-corrected chi connectivity index (χ2v) is 3.11. The molecule has 0 saturated heterocycles. The normalized spacial score (nSPS) is 9.81. The van der Waals surface area contributed by atoms with Gasteiger partial charge in [-0.1, -0.05) is 29.3 Å². The summed E-state index contributed by atoms with van der Waals surface area (Å²) in [4.78, 5) is 6.91. The van der Waals surface area contributed by atoms with Gasteiger partial charge < -0.3 is 4.52 Å². The first kappa shape index (κ1) is 10.2. The third-order valence-electron chi connectivity index (χ3n) is 2.04. The molecule has 0 aliphatic carbocycles. The smallest absolute Gasteiger partial charge is 0.257 e. The Morgan fingerprint density at radius 2 is 2.38 bits per heavy atom. The third-order valence-corrected chi connectivity index (χ3v) is 2.04. The van der Waals surface area contributed by atoms with Crippen molar-refractivity contribution in [3.8, 4) is 11.5 Å². The molecule has 6 nitrogen and oxygen atoms in total. The van der Waals surface area contributed by atoms with Crippen LogP contribution in [0.25, 0.3) is 21.9 Å². The molecule has 80 valence electrons. The van der Waals surface area contributed by atoms with Crippen molar-refractivity contribution in [1.29, 1.82) is 0 Å². The Labute approximate surface area is 91.5 Å². The fourth-order valence-corrected chi connectivity index (χ4v) is 1.27. The Bertz CT molecular complexity index is 542. The number of nitrogens with zero attached hydrogens (tertiary/aromatic N) is 5. The van der Waals surface area contributed by atoms with Crippen LogP contribution in [0.15, 0.2) is 33.9 Å². The summed E-state index contributed by atoms with van der Waals surface area (Å²) in [6, 6.07) is 7.01. The number of hydrogen-bond acceptors (Lipinski definition) is 4. The van der Waals surface area contributed by atoms with Crippen molar-refractivity contribution in [3.63, 3.8) is 0 Å². The number of azide groups is 1. The predicted octanol–water partition coefficient (Wildman–Crippen LogP) is 3.24. The van der Waals surface area contributed by atoms with Crippen molar-refractivity contribution < 1.29 is 4.52 Å². The van der Waals surface area contributed by atoms with Gasteiger partial charge in [-0.05, 0) is 17.7 Å². The van der Waals surface area contributed by atoms with E-state index < -0.39 is 0 Å². The summed E-state index contributed by atoms with van der Waals surface area (Å²) in [6.45, 7) is 1.95. The summed E-state index contributed by atoms with van der Waals surface area (Å²) < 4.78 is 5.08. The van der Waals surface area contributed by atoms with E-state index in [1.807, 2.05) is 13.0 Å². The molecule has 16 heavy (non-hydrogen) atoms. The molecule has 0 amide bonds. The van der Waals surface area contributed by atoms with Gasteiger partial charge in [0.2, 0.25) is 0 Å². The van der Waals surface area contributed by atoms with E-state index in [1.165, 1.54) is 0 Å². The summed E-state index contributed by atoms with van der Waals surface area (Å²) >= 11 is 0. The van der Waals surface area contributed by atoms with Crippen LogP contribution in [-0.2, 0) is 6.42 Å². The van der Waals surface area contributed by atoms with Crippen molar-refractivity contribution in [2.24, 2.45) is 5.11 Å². The minimum atomic E-state index is 0.437. The van der Waals surface area contributed by atoms with Crippen LogP contribution in [-0.4, -0.2) is 10.1 Å². The molecule has 0 aliphatic heterocycles. The highest BCUT2D eigenvalue weighted by molar-refractivity contribution is 5.59. The Kier molecular flexibility index (Phi) is 2.84. The molecule has 0 atom stereocenters. The largest absolute Gasteiger partial charge is 0.334 e. The molecule has 1 heterocycles. The maximum atomic E-state index is 8.33. The fraction of sp³-hybridized carbons (Fsp3) is 0.200. The second-order valence-electron chi connectivity index (χ2n) is 3.11. The SMILES string of the molecule is CCc1noc(-c2cccc(N=[N+]=[N-])c2)n1. The molecule has 1 aromatic heterocycles. The number of benzene rings is 1. The lowest BCUT2D eigenvalue weighted by Crippen LogP contribution is -1.82. The molecule has 2 rings (SSSR count). The molecule has 0 unspecified atom stereocenters. The monoisotopic (exact) mass is 215 g/mol.